The maximum Gasteiger partial charge on any atom is 0.227 e. The molecule has 1 aliphatic heterocycles. The van der Waals surface area contributed by atoms with Crippen molar-refractivity contribution in [2.45, 2.75) is 51.9 Å². The molecule has 1 fully saturated rings. The number of piperidine rings is 1. The third-order valence-corrected chi connectivity index (χ3v) is 5.61. The van der Waals surface area contributed by atoms with Crippen LogP contribution in [-0.4, -0.2) is 33.9 Å². The van der Waals surface area contributed by atoms with Gasteiger partial charge in [-0.15, -0.1) is 11.3 Å². The molecule has 0 bridgehead atoms. The lowest BCUT2D eigenvalue weighted by Crippen LogP contribution is -2.40. The van der Waals surface area contributed by atoms with E-state index >= 15 is 0 Å². The summed E-state index contributed by atoms with van der Waals surface area (Å²) in [5, 5.41) is 3.35. The van der Waals surface area contributed by atoms with E-state index in [0.29, 0.717) is 18.3 Å². The summed E-state index contributed by atoms with van der Waals surface area (Å²) >= 11 is 1.74. The fourth-order valence-corrected chi connectivity index (χ4v) is 4.16. The Kier molecular flexibility index (Phi) is 5.29. The molecular weight excluding hydrogens is 318 g/mol. The number of rotatable bonds is 4. The highest BCUT2D eigenvalue weighted by Gasteiger charge is 2.26. The van der Waals surface area contributed by atoms with Gasteiger partial charge in [0.2, 0.25) is 5.91 Å². The first kappa shape index (κ1) is 17.1. The van der Waals surface area contributed by atoms with E-state index in [0.717, 1.165) is 37.2 Å². The first-order valence-electron chi connectivity index (χ1n) is 8.67. The van der Waals surface area contributed by atoms with Crippen LogP contribution in [0, 0.1) is 6.92 Å². The molecule has 0 saturated carbocycles. The molecule has 4 nitrogen and oxygen atoms in total. The van der Waals surface area contributed by atoms with Crippen molar-refractivity contribution in [2.24, 2.45) is 0 Å². The van der Waals surface area contributed by atoms with Crippen LogP contribution in [-0.2, 0) is 11.2 Å². The predicted octanol–water partition coefficient (Wildman–Crippen LogP) is 3.92. The zero-order valence-corrected chi connectivity index (χ0v) is 15.5. The van der Waals surface area contributed by atoms with E-state index in [1.165, 1.54) is 10.7 Å². The normalized spacial score (nSPS) is 18.2. The second-order valence-electron chi connectivity index (χ2n) is 6.93. The molecule has 3 rings (SSSR count). The average Bonchev–Trinajstić information content (AvgIpc) is 3.07. The Morgan fingerprint density at radius 2 is 2.25 bits per heavy atom. The van der Waals surface area contributed by atoms with Crippen molar-refractivity contribution < 1.29 is 4.79 Å². The number of nitrogens with zero attached hydrogens (tertiary/aromatic N) is 3. The largest absolute Gasteiger partial charge is 0.342 e. The molecule has 128 valence electrons. The molecule has 1 atom stereocenters. The van der Waals surface area contributed by atoms with E-state index < -0.39 is 0 Å². The quantitative estimate of drug-likeness (QED) is 0.845. The van der Waals surface area contributed by atoms with Crippen LogP contribution in [0.5, 0.6) is 0 Å². The molecule has 2 aromatic heterocycles. The number of hydrogen-bond donors (Lipinski definition) is 0. The predicted molar refractivity (Wildman–Crippen MR) is 97.4 cm³/mol. The number of thiazole rings is 1. The topological polar surface area (TPSA) is 46.1 Å². The van der Waals surface area contributed by atoms with Crippen LogP contribution in [0.2, 0.25) is 0 Å². The summed E-state index contributed by atoms with van der Waals surface area (Å²) in [4.78, 5) is 23.7. The van der Waals surface area contributed by atoms with Crippen LogP contribution >= 0.6 is 11.3 Å². The first-order valence-corrected chi connectivity index (χ1v) is 9.55. The average molecular weight is 343 g/mol. The summed E-state index contributed by atoms with van der Waals surface area (Å²) in [6.45, 7) is 7.96. The Balaban J connectivity index is 1.63. The van der Waals surface area contributed by atoms with Crippen molar-refractivity contribution in [3.05, 3.63) is 45.7 Å². The number of amides is 1. The van der Waals surface area contributed by atoms with Crippen LogP contribution in [0.25, 0.3) is 0 Å². The molecule has 0 N–H and O–H groups in total. The van der Waals surface area contributed by atoms with E-state index in [4.69, 9.17) is 4.98 Å². The molecule has 5 heteroatoms. The van der Waals surface area contributed by atoms with Gasteiger partial charge in [0.1, 0.15) is 0 Å². The van der Waals surface area contributed by atoms with Crippen LogP contribution in [0.4, 0.5) is 0 Å². The van der Waals surface area contributed by atoms with Crippen molar-refractivity contribution in [3.8, 4) is 0 Å². The Morgan fingerprint density at radius 3 is 2.92 bits per heavy atom. The molecule has 0 radical (unpaired) electrons. The van der Waals surface area contributed by atoms with E-state index in [-0.39, 0.29) is 5.91 Å². The molecule has 0 aromatic carbocycles. The van der Waals surface area contributed by atoms with Crippen molar-refractivity contribution >= 4 is 17.2 Å². The van der Waals surface area contributed by atoms with Crippen LogP contribution < -0.4 is 0 Å². The number of aromatic nitrogens is 2. The van der Waals surface area contributed by atoms with Crippen LogP contribution in [0.1, 0.15) is 60.5 Å². The van der Waals surface area contributed by atoms with E-state index in [1.807, 2.05) is 30.2 Å². The maximum atomic E-state index is 12.6. The Labute approximate surface area is 147 Å². The summed E-state index contributed by atoms with van der Waals surface area (Å²) < 4.78 is 0. The van der Waals surface area contributed by atoms with Gasteiger partial charge in [-0.05, 0) is 37.3 Å². The van der Waals surface area contributed by atoms with Gasteiger partial charge in [0.15, 0.2) is 0 Å². The first-order chi connectivity index (χ1) is 11.5. The molecule has 2 aromatic rings. The van der Waals surface area contributed by atoms with Crippen LogP contribution in [0.3, 0.4) is 0 Å². The van der Waals surface area contributed by atoms with E-state index in [2.05, 4.69) is 24.2 Å². The van der Waals surface area contributed by atoms with E-state index in [9.17, 15) is 4.79 Å². The lowest BCUT2D eigenvalue weighted by atomic mass is 9.98. The fourth-order valence-electron chi connectivity index (χ4n) is 3.05. The molecule has 1 amide bonds. The second kappa shape index (κ2) is 7.43. The van der Waals surface area contributed by atoms with Gasteiger partial charge in [-0.2, -0.15) is 0 Å². The zero-order chi connectivity index (χ0) is 17.1. The lowest BCUT2D eigenvalue weighted by Gasteiger charge is -2.32. The van der Waals surface area contributed by atoms with Gasteiger partial charge >= 0.3 is 0 Å². The smallest absolute Gasteiger partial charge is 0.227 e. The number of likely N-dealkylation sites (tertiary alicyclic amines) is 1. The van der Waals surface area contributed by atoms with Crippen LogP contribution in [0.15, 0.2) is 23.7 Å². The minimum atomic E-state index is 0.200. The van der Waals surface area contributed by atoms with Gasteiger partial charge in [-0.25, -0.2) is 4.98 Å². The lowest BCUT2D eigenvalue weighted by molar-refractivity contribution is -0.131. The maximum absolute atomic E-state index is 12.6. The number of pyridine rings is 1. The van der Waals surface area contributed by atoms with Gasteiger partial charge < -0.3 is 4.90 Å². The highest BCUT2D eigenvalue weighted by atomic mass is 32.1. The highest BCUT2D eigenvalue weighted by molar-refractivity contribution is 7.09. The second-order valence-corrected chi connectivity index (χ2v) is 7.82. The van der Waals surface area contributed by atoms with Gasteiger partial charge in [-0.1, -0.05) is 19.9 Å². The Morgan fingerprint density at radius 1 is 1.42 bits per heavy atom. The summed E-state index contributed by atoms with van der Waals surface area (Å²) in [6.07, 6.45) is 4.43. The molecule has 0 spiro atoms. The summed E-state index contributed by atoms with van der Waals surface area (Å²) in [6, 6.07) is 3.96. The minimum Gasteiger partial charge on any atom is -0.342 e. The van der Waals surface area contributed by atoms with Gasteiger partial charge in [0, 0.05) is 36.3 Å². The standard InChI is InChI=1S/C19H25N3OS/c1-13(2)17-12-24-19(21-17)16-5-4-8-22(11-16)18(23)9-15-7-6-14(3)20-10-15/h6-7,10,12-13,16H,4-5,8-9,11H2,1-3H3/t16-/m1/s1. The van der Waals surface area contributed by atoms with Gasteiger partial charge in [0.05, 0.1) is 17.1 Å². The Bertz CT molecular complexity index is 693. The third kappa shape index (κ3) is 4.01. The summed E-state index contributed by atoms with van der Waals surface area (Å²) in [5.74, 6) is 1.05. The van der Waals surface area contributed by atoms with Crippen molar-refractivity contribution in [3.63, 3.8) is 0 Å². The van der Waals surface area contributed by atoms with Gasteiger partial charge in [-0.3, -0.25) is 9.78 Å². The minimum absolute atomic E-state index is 0.200. The van der Waals surface area contributed by atoms with Crippen molar-refractivity contribution in [1.82, 2.24) is 14.9 Å². The third-order valence-electron chi connectivity index (χ3n) is 4.58. The summed E-state index contributed by atoms with van der Waals surface area (Å²) in [7, 11) is 0. The zero-order valence-electron chi connectivity index (χ0n) is 14.7. The molecule has 3 heterocycles. The Hall–Kier alpha value is -1.75. The van der Waals surface area contributed by atoms with Crippen molar-refractivity contribution in [2.75, 3.05) is 13.1 Å². The van der Waals surface area contributed by atoms with Gasteiger partial charge in [0.25, 0.3) is 0 Å². The molecular formula is C19H25N3OS. The molecule has 1 aliphatic rings. The summed E-state index contributed by atoms with van der Waals surface area (Å²) in [5.41, 5.74) is 3.14. The highest BCUT2D eigenvalue weighted by Crippen LogP contribution is 2.31. The van der Waals surface area contributed by atoms with Crippen molar-refractivity contribution in [1.29, 1.82) is 0 Å². The molecule has 0 aliphatic carbocycles. The monoisotopic (exact) mass is 343 g/mol. The fraction of sp³-hybridized carbons (Fsp3) is 0.526. The molecule has 0 unspecified atom stereocenters. The molecule has 1 saturated heterocycles. The molecule has 24 heavy (non-hydrogen) atoms. The number of carbonyl (C=O) groups excluding carboxylic acids is 1. The SMILES string of the molecule is Cc1ccc(CC(=O)N2CCC[C@@H](c3nc(C(C)C)cs3)C2)cn1. The van der Waals surface area contributed by atoms with E-state index in [1.54, 1.807) is 11.3 Å². The number of aryl methyl sites for hydroxylation is 1. The number of carbonyl (C=O) groups is 1. The number of hydrogen-bond acceptors (Lipinski definition) is 4.